The van der Waals surface area contributed by atoms with Crippen LogP contribution in [0.15, 0.2) is 72.3 Å². The normalized spacial score (nSPS) is 10.8. The van der Waals surface area contributed by atoms with Gasteiger partial charge in [0, 0.05) is 11.8 Å². The lowest BCUT2D eigenvalue weighted by Crippen LogP contribution is -2.13. The Morgan fingerprint density at radius 2 is 1.85 bits per heavy atom. The van der Waals surface area contributed by atoms with Gasteiger partial charge in [0.25, 0.3) is 5.91 Å². The fraction of sp³-hybridized carbons (Fsp3) is 0.185. The van der Waals surface area contributed by atoms with Gasteiger partial charge in [0.2, 0.25) is 0 Å². The zero-order chi connectivity index (χ0) is 23.6. The van der Waals surface area contributed by atoms with Gasteiger partial charge in [-0.25, -0.2) is 0 Å². The van der Waals surface area contributed by atoms with Crippen LogP contribution in [-0.4, -0.2) is 19.6 Å². The first kappa shape index (κ1) is 23.4. The summed E-state index contributed by atoms with van der Waals surface area (Å²) >= 11 is 0. The summed E-state index contributed by atoms with van der Waals surface area (Å²) in [7, 11) is 1.55. The van der Waals surface area contributed by atoms with Crippen LogP contribution in [0.4, 0.5) is 5.69 Å². The molecule has 1 N–H and O–H groups in total. The van der Waals surface area contributed by atoms with Gasteiger partial charge in [0.1, 0.15) is 24.0 Å². The number of ether oxygens (including phenoxy) is 3. The van der Waals surface area contributed by atoms with Crippen molar-refractivity contribution in [2.75, 3.05) is 19.0 Å². The number of aryl methyl sites for hydroxylation is 1. The van der Waals surface area contributed by atoms with Crippen LogP contribution in [0.5, 0.6) is 17.2 Å². The van der Waals surface area contributed by atoms with Crippen molar-refractivity contribution >= 4 is 17.7 Å². The van der Waals surface area contributed by atoms with Crippen LogP contribution < -0.4 is 19.5 Å². The SMILES string of the molecule is CCOc1cccc(NC(=O)/C(C#N)=C\c2ccc(OCc3cccc(C)c3)c(OC)c2)c1. The van der Waals surface area contributed by atoms with Crippen LogP contribution in [0, 0.1) is 18.3 Å². The summed E-state index contributed by atoms with van der Waals surface area (Å²) in [6, 6.07) is 22.3. The molecule has 0 aromatic heterocycles. The predicted octanol–water partition coefficient (Wildman–Crippen LogP) is 5.53. The number of hydrogen-bond donors (Lipinski definition) is 1. The van der Waals surface area contributed by atoms with Crippen LogP contribution >= 0.6 is 0 Å². The molecule has 0 fully saturated rings. The fourth-order valence-corrected chi connectivity index (χ4v) is 3.20. The smallest absolute Gasteiger partial charge is 0.266 e. The Hall–Kier alpha value is -4.24. The van der Waals surface area contributed by atoms with Gasteiger partial charge in [-0.05, 0) is 55.3 Å². The molecule has 3 rings (SSSR count). The van der Waals surface area contributed by atoms with Gasteiger partial charge >= 0.3 is 0 Å². The average molecular weight is 443 g/mol. The van der Waals surface area contributed by atoms with Crippen molar-refractivity contribution in [1.29, 1.82) is 5.26 Å². The standard InChI is InChI=1S/C27H26N2O4/c1-4-32-24-10-6-9-23(16-24)29-27(30)22(17-28)14-20-11-12-25(26(15-20)31-3)33-18-21-8-5-7-19(2)13-21/h5-16H,4,18H2,1-3H3,(H,29,30)/b22-14-. The second kappa shape index (κ2) is 11.4. The van der Waals surface area contributed by atoms with Crippen molar-refractivity contribution in [3.05, 3.63) is 89.0 Å². The highest BCUT2D eigenvalue weighted by molar-refractivity contribution is 6.09. The van der Waals surface area contributed by atoms with Gasteiger partial charge < -0.3 is 19.5 Å². The zero-order valence-corrected chi connectivity index (χ0v) is 18.9. The summed E-state index contributed by atoms with van der Waals surface area (Å²) < 4.78 is 16.8. The highest BCUT2D eigenvalue weighted by Gasteiger charge is 2.12. The number of anilines is 1. The predicted molar refractivity (Wildman–Crippen MR) is 128 cm³/mol. The maximum atomic E-state index is 12.6. The van der Waals surface area contributed by atoms with Gasteiger partial charge in [0.15, 0.2) is 11.5 Å². The number of nitriles is 1. The molecule has 0 aliphatic rings. The van der Waals surface area contributed by atoms with E-state index in [4.69, 9.17) is 14.2 Å². The van der Waals surface area contributed by atoms with Gasteiger partial charge in [-0.15, -0.1) is 0 Å². The highest BCUT2D eigenvalue weighted by atomic mass is 16.5. The molecule has 0 radical (unpaired) electrons. The van der Waals surface area contributed by atoms with Gasteiger partial charge in [-0.1, -0.05) is 42.0 Å². The molecule has 0 bridgehead atoms. The molecule has 0 aliphatic heterocycles. The third kappa shape index (κ3) is 6.62. The van der Waals surface area contributed by atoms with E-state index >= 15 is 0 Å². The second-order valence-corrected chi connectivity index (χ2v) is 7.27. The molecule has 3 aromatic carbocycles. The molecule has 168 valence electrons. The van der Waals surface area contributed by atoms with E-state index in [1.807, 2.05) is 38.1 Å². The molecule has 0 atom stereocenters. The first-order valence-electron chi connectivity index (χ1n) is 10.5. The Bertz CT molecular complexity index is 1190. The molecule has 0 heterocycles. The highest BCUT2D eigenvalue weighted by Crippen LogP contribution is 2.30. The van der Waals surface area contributed by atoms with Gasteiger partial charge in [0.05, 0.1) is 13.7 Å². The van der Waals surface area contributed by atoms with Crippen molar-refractivity contribution < 1.29 is 19.0 Å². The molecule has 6 nitrogen and oxygen atoms in total. The molecule has 6 heteroatoms. The molecular weight excluding hydrogens is 416 g/mol. The molecule has 3 aromatic rings. The lowest BCUT2D eigenvalue weighted by molar-refractivity contribution is -0.112. The molecule has 0 spiro atoms. The monoisotopic (exact) mass is 442 g/mol. The Balaban J connectivity index is 1.74. The van der Waals surface area contributed by atoms with E-state index in [9.17, 15) is 10.1 Å². The third-order valence-corrected chi connectivity index (χ3v) is 4.74. The molecule has 0 unspecified atom stereocenters. The summed E-state index contributed by atoms with van der Waals surface area (Å²) in [5.41, 5.74) is 3.37. The first-order valence-corrected chi connectivity index (χ1v) is 10.5. The van der Waals surface area contributed by atoms with E-state index in [2.05, 4.69) is 11.4 Å². The molecule has 1 amide bonds. The Kier molecular flexibility index (Phi) is 8.09. The molecule has 0 aliphatic carbocycles. The number of hydrogen-bond acceptors (Lipinski definition) is 5. The molecular formula is C27H26N2O4. The number of carbonyl (C=O) groups excluding carboxylic acids is 1. The van der Waals surface area contributed by atoms with Crippen LogP contribution in [0.3, 0.4) is 0 Å². The summed E-state index contributed by atoms with van der Waals surface area (Å²) in [4.78, 5) is 12.6. The molecule has 0 saturated heterocycles. The number of nitrogens with one attached hydrogen (secondary N) is 1. The summed E-state index contributed by atoms with van der Waals surface area (Å²) in [6.45, 7) is 4.84. The quantitative estimate of drug-likeness (QED) is 0.348. The number of nitrogens with zero attached hydrogens (tertiary/aromatic N) is 1. The number of carbonyl (C=O) groups is 1. The van der Waals surface area contributed by atoms with E-state index in [1.54, 1.807) is 49.6 Å². The Labute approximate surface area is 194 Å². The second-order valence-electron chi connectivity index (χ2n) is 7.27. The van der Waals surface area contributed by atoms with Crippen molar-refractivity contribution in [3.8, 4) is 23.3 Å². The molecule has 0 saturated carbocycles. The van der Waals surface area contributed by atoms with Crippen LogP contribution in [0.1, 0.15) is 23.6 Å². The van der Waals surface area contributed by atoms with E-state index in [0.29, 0.717) is 41.7 Å². The fourth-order valence-electron chi connectivity index (χ4n) is 3.20. The number of rotatable bonds is 9. The van der Waals surface area contributed by atoms with Crippen molar-refractivity contribution in [2.24, 2.45) is 0 Å². The van der Waals surface area contributed by atoms with E-state index in [1.165, 1.54) is 6.08 Å². The molecule has 33 heavy (non-hydrogen) atoms. The van der Waals surface area contributed by atoms with Crippen LogP contribution in [-0.2, 0) is 11.4 Å². The summed E-state index contributed by atoms with van der Waals surface area (Å²) in [5.74, 6) is 1.22. The minimum atomic E-state index is -0.509. The third-order valence-electron chi connectivity index (χ3n) is 4.74. The maximum Gasteiger partial charge on any atom is 0.266 e. The Morgan fingerprint density at radius 3 is 2.58 bits per heavy atom. The zero-order valence-electron chi connectivity index (χ0n) is 18.9. The minimum Gasteiger partial charge on any atom is -0.494 e. The average Bonchev–Trinajstić information content (AvgIpc) is 2.82. The van der Waals surface area contributed by atoms with Crippen molar-refractivity contribution in [1.82, 2.24) is 0 Å². The number of amides is 1. The first-order chi connectivity index (χ1) is 16.0. The van der Waals surface area contributed by atoms with Gasteiger partial charge in [-0.3, -0.25) is 4.79 Å². The van der Waals surface area contributed by atoms with Crippen molar-refractivity contribution in [2.45, 2.75) is 20.5 Å². The number of benzene rings is 3. The maximum absolute atomic E-state index is 12.6. The van der Waals surface area contributed by atoms with Crippen LogP contribution in [0.25, 0.3) is 6.08 Å². The topological polar surface area (TPSA) is 80.6 Å². The van der Waals surface area contributed by atoms with Crippen LogP contribution in [0.2, 0.25) is 0 Å². The van der Waals surface area contributed by atoms with Crippen molar-refractivity contribution in [3.63, 3.8) is 0 Å². The summed E-state index contributed by atoms with van der Waals surface area (Å²) in [5, 5.41) is 12.3. The summed E-state index contributed by atoms with van der Waals surface area (Å²) in [6.07, 6.45) is 1.51. The van der Waals surface area contributed by atoms with E-state index in [-0.39, 0.29) is 5.57 Å². The van der Waals surface area contributed by atoms with Gasteiger partial charge in [-0.2, -0.15) is 5.26 Å². The lowest BCUT2D eigenvalue weighted by Gasteiger charge is -2.12. The van der Waals surface area contributed by atoms with E-state index in [0.717, 1.165) is 11.1 Å². The Morgan fingerprint density at radius 1 is 1.03 bits per heavy atom. The number of methoxy groups -OCH3 is 1. The minimum absolute atomic E-state index is 0.0349. The van der Waals surface area contributed by atoms with E-state index < -0.39 is 5.91 Å². The largest absolute Gasteiger partial charge is 0.494 e. The lowest BCUT2D eigenvalue weighted by atomic mass is 10.1.